The van der Waals surface area contributed by atoms with Crippen LogP contribution in [-0.2, 0) is 9.59 Å². The summed E-state index contributed by atoms with van der Waals surface area (Å²) in [6.07, 6.45) is 3.05. The number of thioether (sulfide) groups is 1. The average molecular weight is 410 g/mol. The van der Waals surface area contributed by atoms with Crippen molar-refractivity contribution in [2.45, 2.75) is 50.5 Å². The minimum Gasteiger partial charge on any atom is -0.477 e. The Labute approximate surface area is 170 Å². The molecule has 28 heavy (non-hydrogen) atoms. The maximum absolute atomic E-state index is 12.4. The first kappa shape index (κ1) is 20.2. The first-order valence-electron chi connectivity index (χ1n) is 10.5. The molecule has 0 spiro atoms. The Kier molecular flexibility index (Phi) is 5.75. The van der Waals surface area contributed by atoms with E-state index in [1.807, 2.05) is 6.92 Å². The topological polar surface area (TPSA) is 93.1 Å². The van der Waals surface area contributed by atoms with Gasteiger partial charge in [-0.1, -0.05) is 6.92 Å². The summed E-state index contributed by atoms with van der Waals surface area (Å²) in [5, 5.41) is 23.4. The number of carbonyl (C=O) groups excluding carboxylic acids is 1. The monoisotopic (exact) mass is 409 g/mol. The van der Waals surface area contributed by atoms with Gasteiger partial charge in [-0.25, -0.2) is 4.79 Å². The second-order valence-electron chi connectivity index (χ2n) is 8.75. The van der Waals surface area contributed by atoms with Crippen molar-refractivity contribution in [2.24, 2.45) is 17.8 Å². The SMILES string of the molecule is CC(O)[C@H]1C(=O)N2C(C(=O)O)=C(SC3CN(CCC4CCNCC4)C3)[C@H](C)[C@H]12. The molecular formula is C20H31N3O4S. The van der Waals surface area contributed by atoms with E-state index >= 15 is 0 Å². The van der Waals surface area contributed by atoms with Gasteiger partial charge < -0.3 is 25.3 Å². The van der Waals surface area contributed by atoms with Crippen LogP contribution in [0.1, 0.15) is 33.1 Å². The number of rotatable bonds is 7. The van der Waals surface area contributed by atoms with Gasteiger partial charge in [0.15, 0.2) is 0 Å². The van der Waals surface area contributed by atoms with E-state index in [-0.39, 0.29) is 23.6 Å². The molecule has 3 N–H and O–H groups in total. The summed E-state index contributed by atoms with van der Waals surface area (Å²) in [5.74, 6) is -0.966. The van der Waals surface area contributed by atoms with E-state index in [1.165, 1.54) is 24.2 Å². The van der Waals surface area contributed by atoms with E-state index in [4.69, 9.17) is 0 Å². The Balaban J connectivity index is 1.33. The van der Waals surface area contributed by atoms with Crippen LogP contribution in [0.15, 0.2) is 10.6 Å². The van der Waals surface area contributed by atoms with E-state index in [2.05, 4.69) is 10.2 Å². The van der Waals surface area contributed by atoms with Gasteiger partial charge in [-0.05, 0) is 51.7 Å². The van der Waals surface area contributed by atoms with E-state index in [1.54, 1.807) is 18.7 Å². The molecule has 4 heterocycles. The van der Waals surface area contributed by atoms with Gasteiger partial charge in [-0.3, -0.25) is 4.79 Å². The molecule has 0 saturated carbocycles. The van der Waals surface area contributed by atoms with Crippen molar-refractivity contribution >= 4 is 23.6 Å². The quantitative estimate of drug-likeness (QED) is 0.539. The number of aliphatic hydroxyl groups excluding tert-OH is 1. The molecule has 156 valence electrons. The van der Waals surface area contributed by atoms with Crippen molar-refractivity contribution < 1.29 is 19.8 Å². The highest BCUT2D eigenvalue weighted by Crippen LogP contribution is 2.51. The number of β-lactam (4-membered cyclic amide) rings is 1. The van der Waals surface area contributed by atoms with Crippen LogP contribution in [0.2, 0.25) is 0 Å². The molecule has 4 atom stereocenters. The average Bonchev–Trinajstić information content (AvgIpc) is 2.86. The Morgan fingerprint density at radius 1 is 1.32 bits per heavy atom. The number of carboxylic acids is 1. The molecule has 4 rings (SSSR count). The second kappa shape index (κ2) is 7.97. The van der Waals surface area contributed by atoms with Crippen LogP contribution in [0.3, 0.4) is 0 Å². The molecule has 0 aromatic rings. The maximum atomic E-state index is 12.4. The van der Waals surface area contributed by atoms with Gasteiger partial charge in [-0.2, -0.15) is 0 Å². The maximum Gasteiger partial charge on any atom is 0.353 e. The van der Waals surface area contributed by atoms with Crippen LogP contribution in [0.5, 0.6) is 0 Å². The highest BCUT2D eigenvalue weighted by atomic mass is 32.2. The lowest BCUT2D eigenvalue weighted by Gasteiger charge is -2.46. The molecule has 0 aromatic carbocycles. The number of aliphatic carboxylic acids is 1. The number of carboxylic acid groups (broad SMARTS) is 1. The lowest BCUT2D eigenvalue weighted by molar-refractivity contribution is -0.163. The molecule has 0 bridgehead atoms. The van der Waals surface area contributed by atoms with Gasteiger partial charge in [0.25, 0.3) is 0 Å². The van der Waals surface area contributed by atoms with Crippen molar-refractivity contribution in [3.05, 3.63) is 10.6 Å². The minimum absolute atomic E-state index is 0.0304. The van der Waals surface area contributed by atoms with E-state index < -0.39 is 18.0 Å². The molecule has 7 nitrogen and oxygen atoms in total. The number of nitrogens with one attached hydrogen (secondary N) is 1. The van der Waals surface area contributed by atoms with Crippen molar-refractivity contribution in [1.29, 1.82) is 0 Å². The van der Waals surface area contributed by atoms with Crippen LogP contribution >= 0.6 is 11.8 Å². The fourth-order valence-corrected chi connectivity index (χ4v) is 6.75. The van der Waals surface area contributed by atoms with Crippen LogP contribution in [0.25, 0.3) is 0 Å². The Morgan fingerprint density at radius 2 is 2.00 bits per heavy atom. The van der Waals surface area contributed by atoms with Gasteiger partial charge >= 0.3 is 5.97 Å². The van der Waals surface area contributed by atoms with Gasteiger partial charge in [0.1, 0.15) is 5.70 Å². The summed E-state index contributed by atoms with van der Waals surface area (Å²) in [4.78, 5) is 28.9. The molecule has 4 aliphatic rings. The smallest absolute Gasteiger partial charge is 0.353 e. The van der Waals surface area contributed by atoms with Gasteiger partial charge in [0, 0.05) is 29.2 Å². The lowest BCUT2D eigenvalue weighted by atomic mass is 9.79. The number of aliphatic hydroxyl groups is 1. The van der Waals surface area contributed by atoms with Crippen LogP contribution < -0.4 is 5.32 Å². The van der Waals surface area contributed by atoms with E-state index in [9.17, 15) is 19.8 Å². The third-order valence-electron chi connectivity index (χ3n) is 6.84. The first-order valence-corrected chi connectivity index (χ1v) is 11.3. The van der Waals surface area contributed by atoms with Gasteiger partial charge in [-0.15, -0.1) is 11.8 Å². The normalized spacial score (nSPS) is 32.9. The number of hydrogen-bond acceptors (Lipinski definition) is 6. The number of nitrogens with zero attached hydrogens (tertiary/aromatic N) is 2. The summed E-state index contributed by atoms with van der Waals surface area (Å²) in [5.41, 5.74) is 0.151. The summed E-state index contributed by atoms with van der Waals surface area (Å²) in [6, 6.07) is -0.211. The summed E-state index contributed by atoms with van der Waals surface area (Å²) < 4.78 is 0. The Bertz CT molecular complexity index is 670. The van der Waals surface area contributed by atoms with Crippen LogP contribution in [0, 0.1) is 17.8 Å². The molecule has 0 radical (unpaired) electrons. The number of hydrogen-bond donors (Lipinski definition) is 3. The van der Waals surface area contributed by atoms with Crippen LogP contribution in [-0.4, -0.2) is 82.0 Å². The van der Waals surface area contributed by atoms with Crippen LogP contribution in [0.4, 0.5) is 0 Å². The highest BCUT2D eigenvalue weighted by molar-refractivity contribution is 8.03. The van der Waals surface area contributed by atoms with Gasteiger partial charge in [0.2, 0.25) is 5.91 Å². The summed E-state index contributed by atoms with van der Waals surface area (Å²) in [7, 11) is 0. The number of fused-ring (bicyclic) bond motifs is 1. The zero-order valence-corrected chi connectivity index (χ0v) is 17.5. The number of carbonyl (C=O) groups is 2. The minimum atomic E-state index is -1.03. The molecule has 4 aliphatic heterocycles. The fourth-order valence-electron chi connectivity index (χ4n) is 5.17. The van der Waals surface area contributed by atoms with Crippen molar-refractivity contribution in [3.8, 4) is 0 Å². The Hall–Kier alpha value is -1.09. The fraction of sp³-hybridized carbons (Fsp3) is 0.800. The molecule has 3 saturated heterocycles. The molecule has 1 amide bonds. The summed E-state index contributed by atoms with van der Waals surface area (Å²) in [6.45, 7) is 8.97. The number of amides is 1. The highest BCUT2D eigenvalue weighted by Gasteiger charge is 2.60. The molecule has 8 heteroatoms. The largest absolute Gasteiger partial charge is 0.477 e. The van der Waals surface area contributed by atoms with E-state index in [0.717, 1.165) is 43.5 Å². The molecule has 0 aromatic heterocycles. The Morgan fingerprint density at radius 3 is 2.61 bits per heavy atom. The van der Waals surface area contributed by atoms with Crippen molar-refractivity contribution in [1.82, 2.24) is 15.1 Å². The van der Waals surface area contributed by atoms with Gasteiger partial charge in [0.05, 0.1) is 18.1 Å². The number of piperidine rings is 1. The zero-order chi connectivity index (χ0) is 20.0. The predicted octanol–water partition coefficient (Wildman–Crippen LogP) is 0.947. The third kappa shape index (κ3) is 3.49. The van der Waals surface area contributed by atoms with E-state index in [0.29, 0.717) is 5.25 Å². The predicted molar refractivity (Wildman–Crippen MR) is 108 cm³/mol. The summed E-state index contributed by atoms with van der Waals surface area (Å²) >= 11 is 1.64. The lowest BCUT2D eigenvalue weighted by Crippen LogP contribution is -2.63. The second-order valence-corrected chi connectivity index (χ2v) is 10.1. The molecule has 3 fully saturated rings. The molecule has 0 aliphatic carbocycles. The zero-order valence-electron chi connectivity index (χ0n) is 16.6. The third-order valence-corrected chi connectivity index (χ3v) is 8.29. The van der Waals surface area contributed by atoms with Crippen molar-refractivity contribution in [2.75, 3.05) is 32.7 Å². The standard InChI is InChI=1S/C20H31N3O4S/c1-11-16-15(12(2)24)19(25)23(16)17(20(26)27)18(11)28-14-9-22(10-14)8-5-13-3-6-21-7-4-13/h11-16,21,24H,3-10H2,1-2H3,(H,26,27)/t11-,12?,15-,16-/m1/s1. The molecular weight excluding hydrogens is 378 g/mol. The number of likely N-dealkylation sites (tertiary alicyclic amines) is 1. The molecule has 1 unspecified atom stereocenters. The first-order chi connectivity index (χ1) is 13.4. The van der Waals surface area contributed by atoms with Crippen molar-refractivity contribution in [3.63, 3.8) is 0 Å².